The molecule has 12 rings (SSSR count). The van der Waals surface area contributed by atoms with Gasteiger partial charge in [0.2, 0.25) is 0 Å². The Hall–Kier alpha value is -5.46. The zero-order chi connectivity index (χ0) is 34.0. The van der Waals surface area contributed by atoms with Gasteiger partial charge < -0.3 is 0 Å². The summed E-state index contributed by atoms with van der Waals surface area (Å²) in [5, 5.41) is 8.02. The first-order chi connectivity index (χ1) is 25.7. The van der Waals surface area contributed by atoms with Gasteiger partial charge in [-0.25, -0.2) is 0 Å². The zero-order valence-electron chi connectivity index (χ0n) is 29.5. The molecule has 0 atom stereocenters. The van der Waals surface area contributed by atoms with Crippen LogP contribution in [0.1, 0.15) is 73.6 Å². The van der Waals surface area contributed by atoms with Crippen LogP contribution >= 0.6 is 0 Å². The lowest BCUT2D eigenvalue weighted by Gasteiger charge is -2.27. The lowest BCUT2D eigenvalue weighted by Crippen LogP contribution is -2.20. The van der Waals surface area contributed by atoms with E-state index >= 15 is 0 Å². The summed E-state index contributed by atoms with van der Waals surface area (Å²) in [5.41, 5.74) is 17.6. The molecule has 0 heterocycles. The molecule has 0 N–H and O–H groups in total. The van der Waals surface area contributed by atoms with Gasteiger partial charge in [-0.05, 0) is 149 Å². The van der Waals surface area contributed by atoms with Gasteiger partial charge in [0.05, 0.1) is 0 Å². The summed E-state index contributed by atoms with van der Waals surface area (Å²) >= 11 is 0. The first kappa shape index (κ1) is 29.2. The fourth-order valence-corrected chi connectivity index (χ4v) is 11.7. The molecule has 0 aromatic heterocycles. The smallest absolute Gasteiger partial charge is 0.0215 e. The fourth-order valence-electron chi connectivity index (χ4n) is 11.7. The molecule has 0 aliphatic heterocycles. The summed E-state index contributed by atoms with van der Waals surface area (Å²) < 4.78 is 0. The normalized spacial score (nSPS) is 17.3. The van der Waals surface area contributed by atoms with Crippen molar-refractivity contribution in [2.24, 2.45) is 0 Å². The van der Waals surface area contributed by atoms with Crippen molar-refractivity contribution in [1.29, 1.82) is 0 Å². The molecule has 0 bridgehead atoms. The first-order valence-corrected chi connectivity index (χ1v) is 19.6. The fraction of sp³-hybridized carbons (Fsp3) is 0.192. The number of hydrogen-bond donors (Lipinski definition) is 0. The highest BCUT2D eigenvalue weighted by Gasteiger charge is 2.46. The number of rotatable bonds is 2. The third kappa shape index (κ3) is 3.73. The van der Waals surface area contributed by atoms with Crippen LogP contribution in [-0.2, 0) is 10.8 Å². The van der Waals surface area contributed by atoms with E-state index in [0.29, 0.717) is 0 Å². The largest absolute Gasteiger partial charge is 0.0619 e. The summed E-state index contributed by atoms with van der Waals surface area (Å²) in [6.45, 7) is 0. The van der Waals surface area contributed by atoms with Gasteiger partial charge in [-0.1, -0.05) is 147 Å². The van der Waals surface area contributed by atoms with E-state index in [9.17, 15) is 0 Å². The van der Waals surface area contributed by atoms with Gasteiger partial charge in [0.25, 0.3) is 0 Å². The average molecular weight is 665 g/mol. The molecular weight excluding hydrogens is 625 g/mol. The molecule has 8 aromatic rings. The van der Waals surface area contributed by atoms with Crippen molar-refractivity contribution < 1.29 is 0 Å². The third-order valence-electron chi connectivity index (χ3n) is 14.0. The maximum Gasteiger partial charge on any atom is 0.0215 e. The van der Waals surface area contributed by atoms with Crippen LogP contribution in [0, 0.1) is 0 Å². The minimum Gasteiger partial charge on any atom is -0.0619 e. The van der Waals surface area contributed by atoms with Gasteiger partial charge >= 0.3 is 0 Å². The molecule has 4 aliphatic carbocycles. The predicted molar refractivity (Wildman–Crippen MR) is 219 cm³/mol. The Bertz CT molecular complexity index is 2610. The molecule has 248 valence electrons. The first-order valence-electron chi connectivity index (χ1n) is 19.6. The van der Waals surface area contributed by atoms with E-state index in [-0.39, 0.29) is 10.8 Å². The van der Waals surface area contributed by atoms with E-state index in [1.54, 1.807) is 22.3 Å². The van der Waals surface area contributed by atoms with E-state index in [2.05, 4.69) is 146 Å². The van der Waals surface area contributed by atoms with Crippen molar-refractivity contribution in [2.45, 2.75) is 62.2 Å². The van der Waals surface area contributed by atoms with Gasteiger partial charge in [0.1, 0.15) is 0 Å². The van der Waals surface area contributed by atoms with Crippen molar-refractivity contribution in [1.82, 2.24) is 0 Å². The second kappa shape index (κ2) is 10.5. The van der Waals surface area contributed by atoms with Crippen LogP contribution in [0.4, 0.5) is 0 Å². The molecule has 52 heavy (non-hydrogen) atoms. The Balaban J connectivity index is 1.08. The molecule has 2 spiro atoms. The molecule has 0 saturated heterocycles. The highest BCUT2D eigenvalue weighted by atomic mass is 14.5. The van der Waals surface area contributed by atoms with Crippen molar-refractivity contribution in [3.8, 4) is 44.5 Å². The van der Waals surface area contributed by atoms with Crippen LogP contribution in [0.15, 0.2) is 146 Å². The average Bonchev–Trinajstić information content (AvgIpc) is 4.01. The van der Waals surface area contributed by atoms with Crippen LogP contribution in [0.3, 0.4) is 0 Å². The highest BCUT2D eigenvalue weighted by Crippen LogP contribution is 2.59. The third-order valence-corrected chi connectivity index (χ3v) is 14.0. The SMILES string of the molecule is c1ccc2c(c1)-c1ccc(-c3cc4c5ccccc5c(-c5ccc6c(c5)C5(CCCC5)c5ccccc5-6)cc4c4ccccc34)cc1C21CCCC1. The van der Waals surface area contributed by atoms with Crippen molar-refractivity contribution in [2.75, 3.05) is 0 Å². The molecular formula is C52H40. The topological polar surface area (TPSA) is 0 Å². The lowest BCUT2D eigenvalue weighted by molar-refractivity contribution is 0.550. The van der Waals surface area contributed by atoms with E-state index in [0.717, 1.165) is 0 Å². The standard InChI is InChI=1S/C52H40/c1-3-15-37-35(13-1)43(33-21-23-41-39-17-5-7-19-47(39)51(49(41)29-33)25-9-10-26-51)31-46-38-16-4-2-14-36(38)44(32-45(37)46)34-22-24-42-40-18-6-8-20-48(40)52(50(42)30-34)27-11-12-28-52/h1-8,13-24,29-32H,9-12,25-28H2. The van der Waals surface area contributed by atoms with Gasteiger partial charge in [0, 0.05) is 10.8 Å². The highest BCUT2D eigenvalue weighted by molar-refractivity contribution is 6.24. The Labute approximate surface area is 305 Å². The summed E-state index contributed by atoms with van der Waals surface area (Å²) in [5.74, 6) is 0. The van der Waals surface area contributed by atoms with Crippen molar-refractivity contribution in [3.63, 3.8) is 0 Å². The molecule has 0 amide bonds. The number of benzene rings is 8. The van der Waals surface area contributed by atoms with Gasteiger partial charge in [-0.3, -0.25) is 0 Å². The monoisotopic (exact) mass is 664 g/mol. The number of fused-ring (bicyclic) bond motifs is 15. The Morgan fingerprint density at radius 2 is 0.635 bits per heavy atom. The summed E-state index contributed by atoms with van der Waals surface area (Å²) in [6, 6.07) is 56.6. The molecule has 2 saturated carbocycles. The second-order valence-electron chi connectivity index (χ2n) is 16.2. The second-order valence-corrected chi connectivity index (χ2v) is 16.2. The van der Waals surface area contributed by atoms with Crippen molar-refractivity contribution >= 4 is 32.3 Å². The summed E-state index contributed by atoms with van der Waals surface area (Å²) in [6.07, 6.45) is 10.2. The van der Waals surface area contributed by atoms with Crippen molar-refractivity contribution in [3.05, 3.63) is 168 Å². The molecule has 4 aliphatic rings. The maximum atomic E-state index is 2.58. The van der Waals surface area contributed by atoms with Gasteiger partial charge in [0.15, 0.2) is 0 Å². The van der Waals surface area contributed by atoms with Crippen LogP contribution < -0.4 is 0 Å². The molecule has 0 radical (unpaired) electrons. The zero-order valence-corrected chi connectivity index (χ0v) is 29.5. The Morgan fingerprint density at radius 3 is 1.08 bits per heavy atom. The molecule has 8 aromatic carbocycles. The minimum absolute atomic E-state index is 0.157. The van der Waals surface area contributed by atoms with Gasteiger partial charge in [-0.15, -0.1) is 0 Å². The maximum absolute atomic E-state index is 2.58. The van der Waals surface area contributed by atoms with Gasteiger partial charge in [-0.2, -0.15) is 0 Å². The predicted octanol–water partition coefficient (Wildman–Crippen LogP) is 14.2. The van der Waals surface area contributed by atoms with E-state index < -0.39 is 0 Å². The van der Waals surface area contributed by atoms with Crippen LogP contribution in [0.5, 0.6) is 0 Å². The summed E-state index contributed by atoms with van der Waals surface area (Å²) in [7, 11) is 0. The van der Waals surface area contributed by atoms with Crippen LogP contribution in [0.2, 0.25) is 0 Å². The Morgan fingerprint density at radius 1 is 0.269 bits per heavy atom. The van der Waals surface area contributed by atoms with E-state index in [1.165, 1.54) is 128 Å². The lowest BCUT2D eigenvalue weighted by atomic mass is 9.76. The molecule has 2 fully saturated rings. The van der Waals surface area contributed by atoms with Crippen LogP contribution in [0.25, 0.3) is 76.8 Å². The molecule has 0 nitrogen and oxygen atoms in total. The minimum atomic E-state index is 0.157. The number of hydrogen-bond acceptors (Lipinski definition) is 0. The van der Waals surface area contributed by atoms with E-state index in [4.69, 9.17) is 0 Å². The van der Waals surface area contributed by atoms with Crippen LogP contribution in [-0.4, -0.2) is 0 Å². The molecule has 0 heteroatoms. The quantitative estimate of drug-likeness (QED) is 0.161. The molecule has 0 unspecified atom stereocenters. The summed E-state index contributed by atoms with van der Waals surface area (Å²) in [4.78, 5) is 0. The van der Waals surface area contributed by atoms with E-state index in [1.807, 2.05) is 0 Å². The Kier molecular flexibility index (Phi) is 5.91.